The number of aromatic nitrogens is 3. The molecular formula is C28H38N8O. The molecular weight excluding hydrogens is 464 g/mol. The van der Waals surface area contributed by atoms with Gasteiger partial charge < -0.3 is 25.3 Å². The summed E-state index contributed by atoms with van der Waals surface area (Å²) in [4.78, 5) is 34.4. The smallest absolute Gasteiger partial charge is 0.271 e. The second kappa shape index (κ2) is 11.6. The van der Waals surface area contributed by atoms with Crippen LogP contribution in [0.2, 0.25) is 0 Å². The zero-order valence-electron chi connectivity index (χ0n) is 22.6. The number of nitrogen functional groups attached to an aromatic ring is 1. The van der Waals surface area contributed by atoms with Crippen LogP contribution in [0, 0.1) is 0 Å². The minimum atomic E-state index is -0.109. The summed E-state index contributed by atoms with van der Waals surface area (Å²) in [5, 5.41) is 0. The third-order valence-corrected chi connectivity index (χ3v) is 6.74. The van der Waals surface area contributed by atoms with Crippen molar-refractivity contribution in [3.63, 3.8) is 0 Å². The average molecular weight is 503 g/mol. The van der Waals surface area contributed by atoms with Crippen LogP contribution in [-0.4, -0.2) is 85.0 Å². The van der Waals surface area contributed by atoms with Gasteiger partial charge in [0.15, 0.2) is 0 Å². The highest BCUT2D eigenvalue weighted by atomic mass is 16.2. The number of anilines is 3. The Bertz CT molecular complexity index is 1240. The molecule has 1 amide bonds. The van der Waals surface area contributed by atoms with Crippen molar-refractivity contribution in [3.05, 3.63) is 59.3 Å². The number of pyridine rings is 1. The van der Waals surface area contributed by atoms with E-state index in [1.807, 2.05) is 25.2 Å². The van der Waals surface area contributed by atoms with Crippen molar-refractivity contribution < 1.29 is 4.79 Å². The molecule has 3 aromatic rings. The predicted molar refractivity (Wildman–Crippen MR) is 150 cm³/mol. The summed E-state index contributed by atoms with van der Waals surface area (Å²) in [6.07, 6.45) is 2.03. The number of piperazine rings is 1. The first-order valence-electron chi connectivity index (χ1n) is 12.8. The number of hydrogen-bond donors (Lipinski definition) is 1. The first kappa shape index (κ1) is 26.3. The molecule has 9 heteroatoms. The number of nitrogens with two attached hydrogens (primary N) is 1. The number of hydrogen-bond acceptors (Lipinski definition) is 8. The van der Waals surface area contributed by atoms with Crippen molar-refractivity contribution in [2.75, 3.05) is 69.9 Å². The van der Waals surface area contributed by atoms with Crippen LogP contribution >= 0.6 is 0 Å². The van der Waals surface area contributed by atoms with E-state index in [-0.39, 0.29) is 11.9 Å². The molecule has 37 heavy (non-hydrogen) atoms. The van der Waals surface area contributed by atoms with Gasteiger partial charge in [-0.05, 0) is 42.8 Å². The van der Waals surface area contributed by atoms with Crippen LogP contribution in [0.3, 0.4) is 0 Å². The molecule has 9 nitrogen and oxygen atoms in total. The fourth-order valence-electron chi connectivity index (χ4n) is 4.56. The lowest BCUT2D eigenvalue weighted by molar-refractivity contribution is 0.0822. The summed E-state index contributed by atoms with van der Waals surface area (Å²) < 4.78 is 0. The van der Waals surface area contributed by atoms with Gasteiger partial charge in [0.2, 0.25) is 5.95 Å². The zero-order chi connectivity index (χ0) is 26.5. The Morgan fingerprint density at radius 2 is 1.73 bits per heavy atom. The number of likely N-dealkylation sites (N-methyl/N-ethyl adjacent to an activating group) is 1. The number of rotatable bonds is 8. The highest BCUT2D eigenvalue weighted by Crippen LogP contribution is 2.26. The molecule has 1 aromatic carbocycles. The lowest BCUT2D eigenvalue weighted by Gasteiger charge is -2.33. The van der Waals surface area contributed by atoms with Gasteiger partial charge >= 0.3 is 0 Å². The molecule has 0 atom stereocenters. The Labute approximate surface area is 219 Å². The molecule has 2 N–H and O–H groups in total. The molecule has 1 saturated heterocycles. The SMILES string of the molecule is CCCc1ccc(-c2cccc(C(=O)N(C)C)n2)cc1CN(C)c1cc(N2CCN(C)CC2)nc(N)n1. The molecule has 1 fully saturated rings. The van der Waals surface area contributed by atoms with Crippen molar-refractivity contribution in [3.8, 4) is 11.3 Å². The van der Waals surface area contributed by atoms with Crippen molar-refractivity contribution in [1.82, 2.24) is 24.8 Å². The molecule has 0 saturated carbocycles. The van der Waals surface area contributed by atoms with Crippen LogP contribution in [0.4, 0.5) is 17.6 Å². The van der Waals surface area contributed by atoms with Gasteiger partial charge in [0.25, 0.3) is 5.91 Å². The molecule has 0 spiro atoms. The zero-order valence-corrected chi connectivity index (χ0v) is 22.6. The third kappa shape index (κ3) is 6.35. The molecule has 1 aliphatic rings. The Morgan fingerprint density at radius 1 is 0.973 bits per heavy atom. The van der Waals surface area contributed by atoms with Gasteiger partial charge in [0.05, 0.1) is 5.69 Å². The highest BCUT2D eigenvalue weighted by Gasteiger charge is 2.19. The molecule has 1 aliphatic heterocycles. The van der Waals surface area contributed by atoms with E-state index in [0.29, 0.717) is 12.2 Å². The summed E-state index contributed by atoms with van der Waals surface area (Å²) in [5.41, 5.74) is 10.8. The van der Waals surface area contributed by atoms with Crippen LogP contribution in [0.25, 0.3) is 11.3 Å². The van der Waals surface area contributed by atoms with E-state index in [1.165, 1.54) is 11.1 Å². The number of carbonyl (C=O) groups is 1. The lowest BCUT2D eigenvalue weighted by atomic mass is 9.98. The molecule has 0 unspecified atom stereocenters. The Kier molecular flexibility index (Phi) is 8.23. The number of carbonyl (C=O) groups excluding carboxylic acids is 1. The lowest BCUT2D eigenvalue weighted by Crippen LogP contribution is -2.45. The highest BCUT2D eigenvalue weighted by molar-refractivity contribution is 5.92. The van der Waals surface area contributed by atoms with E-state index < -0.39 is 0 Å². The van der Waals surface area contributed by atoms with Crippen LogP contribution in [0.15, 0.2) is 42.5 Å². The number of nitrogens with zero attached hydrogens (tertiary/aromatic N) is 7. The summed E-state index contributed by atoms with van der Waals surface area (Å²) >= 11 is 0. The fraction of sp³-hybridized carbons (Fsp3) is 0.429. The second-order valence-corrected chi connectivity index (χ2v) is 9.93. The molecule has 2 aromatic heterocycles. The predicted octanol–water partition coefficient (Wildman–Crippen LogP) is 3.16. The third-order valence-electron chi connectivity index (χ3n) is 6.74. The van der Waals surface area contributed by atoms with Gasteiger partial charge in [-0.15, -0.1) is 0 Å². The van der Waals surface area contributed by atoms with Crippen molar-refractivity contribution in [2.45, 2.75) is 26.3 Å². The van der Waals surface area contributed by atoms with E-state index in [9.17, 15) is 4.79 Å². The maximum absolute atomic E-state index is 12.5. The van der Waals surface area contributed by atoms with Gasteiger partial charge in [-0.3, -0.25) is 4.79 Å². The minimum Gasteiger partial charge on any atom is -0.368 e. The van der Waals surface area contributed by atoms with Crippen molar-refractivity contribution >= 4 is 23.5 Å². The second-order valence-electron chi connectivity index (χ2n) is 9.93. The molecule has 196 valence electrons. The molecule has 3 heterocycles. The standard InChI is InChI=1S/C28H38N8O/c1-6-8-20-11-12-21(23-9-7-10-24(30-23)27(37)33(2)3)17-22(20)19-35(5)25-18-26(32-28(29)31-25)36-15-13-34(4)14-16-36/h7,9-12,17-18H,6,8,13-16,19H2,1-5H3,(H2,29,31,32). The summed E-state index contributed by atoms with van der Waals surface area (Å²) in [7, 11) is 7.64. The Morgan fingerprint density at radius 3 is 2.43 bits per heavy atom. The summed E-state index contributed by atoms with van der Waals surface area (Å²) in [5.74, 6) is 1.84. The Balaban J connectivity index is 1.62. The molecule has 0 radical (unpaired) electrons. The maximum Gasteiger partial charge on any atom is 0.271 e. The van der Waals surface area contributed by atoms with Gasteiger partial charge in [0, 0.05) is 65.5 Å². The largest absolute Gasteiger partial charge is 0.368 e. The van der Waals surface area contributed by atoms with E-state index in [1.54, 1.807) is 25.1 Å². The van der Waals surface area contributed by atoms with E-state index in [0.717, 1.165) is 61.9 Å². The first-order chi connectivity index (χ1) is 17.7. The van der Waals surface area contributed by atoms with Gasteiger partial charge in [-0.2, -0.15) is 9.97 Å². The molecule has 4 rings (SSSR count). The quantitative estimate of drug-likeness (QED) is 0.502. The van der Waals surface area contributed by atoms with E-state index in [2.05, 4.69) is 61.8 Å². The molecule has 0 aliphatic carbocycles. The van der Waals surface area contributed by atoms with Crippen LogP contribution < -0.4 is 15.5 Å². The normalized spacial score (nSPS) is 14.0. The number of amides is 1. The number of aryl methyl sites for hydroxylation is 1. The van der Waals surface area contributed by atoms with E-state index >= 15 is 0 Å². The van der Waals surface area contributed by atoms with Gasteiger partial charge in [0.1, 0.15) is 17.3 Å². The first-order valence-corrected chi connectivity index (χ1v) is 12.8. The van der Waals surface area contributed by atoms with Crippen LogP contribution in [0.5, 0.6) is 0 Å². The van der Waals surface area contributed by atoms with Crippen molar-refractivity contribution in [1.29, 1.82) is 0 Å². The summed E-state index contributed by atoms with van der Waals surface area (Å²) in [6, 6.07) is 14.1. The van der Waals surface area contributed by atoms with E-state index in [4.69, 9.17) is 5.73 Å². The van der Waals surface area contributed by atoms with Crippen molar-refractivity contribution in [2.24, 2.45) is 0 Å². The number of benzene rings is 1. The minimum absolute atomic E-state index is 0.109. The van der Waals surface area contributed by atoms with Gasteiger partial charge in [-0.1, -0.05) is 31.5 Å². The fourth-order valence-corrected chi connectivity index (χ4v) is 4.56. The topological polar surface area (TPSA) is 94.7 Å². The summed E-state index contributed by atoms with van der Waals surface area (Å²) in [6.45, 7) is 6.68. The monoisotopic (exact) mass is 502 g/mol. The van der Waals surface area contributed by atoms with Crippen LogP contribution in [0.1, 0.15) is 35.0 Å². The molecule has 0 bridgehead atoms. The van der Waals surface area contributed by atoms with Gasteiger partial charge in [-0.25, -0.2) is 4.98 Å². The maximum atomic E-state index is 12.5. The average Bonchev–Trinajstić information content (AvgIpc) is 2.89. The van der Waals surface area contributed by atoms with Crippen LogP contribution in [-0.2, 0) is 13.0 Å². The Hall–Kier alpha value is -3.72.